The van der Waals surface area contributed by atoms with Crippen molar-refractivity contribution in [2.45, 2.75) is 26.8 Å². The maximum absolute atomic E-state index is 12.3. The van der Waals surface area contributed by atoms with Crippen molar-refractivity contribution in [3.8, 4) is 5.75 Å². The molecule has 1 rings (SSSR count). The Morgan fingerprint density at radius 1 is 1.12 bits per heavy atom. The molecule has 7 heteroatoms. The molecule has 0 aliphatic heterocycles. The van der Waals surface area contributed by atoms with E-state index in [4.69, 9.17) is 14.2 Å². The molecule has 0 fully saturated rings. The first-order valence-corrected chi connectivity index (χ1v) is 7.93. The van der Waals surface area contributed by atoms with Crippen molar-refractivity contribution in [3.63, 3.8) is 0 Å². The molecule has 0 aliphatic rings. The minimum absolute atomic E-state index is 0.114. The maximum atomic E-state index is 12.3. The molecular formula is C18H23NO6. The number of esters is 2. The second-order valence-corrected chi connectivity index (χ2v) is 4.86. The van der Waals surface area contributed by atoms with Gasteiger partial charge >= 0.3 is 11.9 Å². The lowest BCUT2D eigenvalue weighted by Gasteiger charge is -2.19. The molecule has 0 saturated heterocycles. The fourth-order valence-electron chi connectivity index (χ4n) is 2.04. The van der Waals surface area contributed by atoms with Crippen LogP contribution in [0.15, 0.2) is 30.4 Å². The molecule has 1 aromatic carbocycles. The van der Waals surface area contributed by atoms with Gasteiger partial charge in [-0.3, -0.25) is 4.79 Å². The zero-order chi connectivity index (χ0) is 18.8. The van der Waals surface area contributed by atoms with E-state index in [0.29, 0.717) is 11.4 Å². The monoisotopic (exact) mass is 349 g/mol. The highest BCUT2D eigenvalue weighted by molar-refractivity contribution is 6.10. The Balaban J connectivity index is 3.24. The van der Waals surface area contributed by atoms with Crippen LogP contribution >= 0.6 is 0 Å². The van der Waals surface area contributed by atoms with Gasteiger partial charge in [0.1, 0.15) is 5.75 Å². The number of carbonyl (C=O) groups is 3. The highest BCUT2D eigenvalue weighted by Gasteiger charge is 2.30. The van der Waals surface area contributed by atoms with E-state index in [0.717, 1.165) is 0 Å². The van der Waals surface area contributed by atoms with Crippen LogP contribution in [-0.2, 0) is 19.1 Å². The van der Waals surface area contributed by atoms with E-state index in [9.17, 15) is 14.4 Å². The van der Waals surface area contributed by atoms with Crippen LogP contribution in [0.3, 0.4) is 0 Å². The third-order valence-corrected chi connectivity index (χ3v) is 3.15. The largest absolute Gasteiger partial charge is 0.497 e. The molecule has 0 spiro atoms. The molecule has 0 radical (unpaired) electrons. The van der Waals surface area contributed by atoms with Crippen LogP contribution < -0.4 is 10.1 Å². The number of nitrogens with one attached hydrogen (secondary N) is 1. The molecule has 0 aromatic heterocycles. The number of ether oxygens (including phenoxy) is 3. The van der Waals surface area contributed by atoms with Crippen molar-refractivity contribution < 1.29 is 28.6 Å². The van der Waals surface area contributed by atoms with Crippen molar-refractivity contribution in [1.29, 1.82) is 0 Å². The lowest BCUT2D eigenvalue weighted by atomic mass is 10.1. The molecule has 0 aliphatic carbocycles. The smallest absolute Gasteiger partial charge is 0.340 e. The predicted molar refractivity (Wildman–Crippen MR) is 92.8 cm³/mol. The van der Waals surface area contributed by atoms with Crippen LogP contribution in [-0.4, -0.2) is 44.1 Å². The summed E-state index contributed by atoms with van der Waals surface area (Å²) in [5.74, 6) is -1.38. The first-order valence-electron chi connectivity index (χ1n) is 7.93. The van der Waals surface area contributed by atoms with E-state index in [1.807, 2.05) is 0 Å². The second-order valence-electron chi connectivity index (χ2n) is 4.86. The van der Waals surface area contributed by atoms with Crippen LogP contribution in [0.1, 0.15) is 31.1 Å². The summed E-state index contributed by atoms with van der Waals surface area (Å²) in [5.41, 5.74) is 0.561. The van der Waals surface area contributed by atoms with Gasteiger partial charge in [-0.2, -0.15) is 0 Å². The van der Waals surface area contributed by atoms with Gasteiger partial charge in [0.15, 0.2) is 5.78 Å². The number of allylic oxidation sites excluding steroid dienone is 2. The first kappa shape index (κ1) is 20.2. The quantitative estimate of drug-likeness (QED) is 0.317. The summed E-state index contributed by atoms with van der Waals surface area (Å²) in [6, 6.07) is 3.33. The lowest BCUT2D eigenvalue weighted by Crippen LogP contribution is -2.40. The molecule has 0 unspecified atom stereocenters. The molecule has 1 aromatic rings. The molecule has 0 saturated carbocycles. The van der Waals surface area contributed by atoms with E-state index < -0.39 is 18.0 Å². The van der Waals surface area contributed by atoms with Crippen LogP contribution in [0.25, 0.3) is 0 Å². The number of hydrogen-bond donors (Lipinski definition) is 1. The molecule has 7 nitrogen and oxygen atoms in total. The minimum atomic E-state index is -1.37. The molecule has 1 N–H and O–H groups in total. The third-order valence-electron chi connectivity index (χ3n) is 3.15. The van der Waals surface area contributed by atoms with Crippen LogP contribution in [0.5, 0.6) is 5.75 Å². The number of ketones is 1. The Hall–Kier alpha value is -2.83. The number of benzene rings is 1. The van der Waals surface area contributed by atoms with E-state index >= 15 is 0 Å². The lowest BCUT2D eigenvalue weighted by molar-refractivity contribution is -0.155. The summed E-state index contributed by atoms with van der Waals surface area (Å²) in [4.78, 5) is 36.5. The van der Waals surface area contributed by atoms with Crippen molar-refractivity contribution in [2.75, 3.05) is 25.6 Å². The van der Waals surface area contributed by atoms with E-state index in [2.05, 4.69) is 5.32 Å². The van der Waals surface area contributed by atoms with Crippen molar-refractivity contribution in [1.82, 2.24) is 0 Å². The van der Waals surface area contributed by atoms with Gasteiger partial charge in [-0.15, -0.1) is 0 Å². The molecule has 0 heterocycles. The molecule has 25 heavy (non-hydrogen) atoms. The van der Waals surface area contributed by atoms with Gasteiger partial charge in [-0.1, -0.05) is 6.08 Å². The summed E-state index contributed by atoms with van der Waals surface area (Å²) in [6.45, 7) is 5.21. The Labute approximate surface area is 146 Å². The van der Waals surface area contributed by atoms with Gasteiger partial charge in [-0.25, -0.2) is 9.59 Å². The topological polar surface area (TPSA) is 90.9 Å². The number of rotatable bonds is 9. The molecular weight excluding hydrogens is 326 g/mol. The molecule has 0 atom stereocenters. The third kappa shape index (κ3) is 5.63. The SMILES string of the molecule is C/C=C/C(=O)c1cc(OC)ccc1NC(C(=O)OCC)C(=O)OCC. The fourth-order valence-corrected chi connectivity index (χ4v) is 2.04. The van der Waals surface area contributed by atoms with Gasteiger partial charge in [0.2, 0.25) is 6.04 Å². The highest BCUT2D eigenvalue weighted by Crippen LogP contribution is 2.24. The van der Waals surface area contributed by atoms with Crippen LogP contribution in [0.2, 0.25) is 0 Å². The van der Waals surface area contributed by atoms with E-state index in [-0.39, 0.29) is 24.6 Å². The van der Waals surface area contributed by atoms with Gasteiger partial charge in [0.05, 0.1) is 20.3 Å². The van der Waals surface area contributed by atoms with Crippen molar-refractivity contribution >= 4 is 23.4 Å². The van der Waals surface area contributed by atoms with Crippen LogP contribution in [0.4, 0.5) is 5.69 Å². The average Bonchev–Trinajstić information content (AvgIpc) is 2.60. The van der Waals surface area contributed by atoms with Gasteiger partial charge in [0.25, 0.3) is 0 Å². The maximum Gasteiger partial charge on any atom is 0.340 e. The first-order chi connectivity index (χ1) is 12.0. The van der Waals surface area contributed by atoms with E-state index in [1.54, 1.807) is 39.0 Å². The Morgan fingerprint density at radius 2 is 1.72 bits per heavy atom. The number of hydrogen-bond acceptors (Lipinski definition) is 7. The average molecular weight is 349 g/mol. The Kier molecular flexibility index (Phi) is 8.18. The predicted octanol–water partition coefficient (Wildman–Crippen LogP) is 2.36. The van der Waals surface area contributed by atoms with Gasteiger partial charge in [0, 0.05) is 11.3 Å². The Bertz CT molecular complexity index is 635. The summed E-state index contributed by atoms with van der Waals surface area (Å²) >= 11 is 0. The minimum Gasteiger partial charge on any atom is -0.497 e. The summed E-state index contributed by atoms with van der Waals surface area (Å²) in [6.07, 6.45) is 2.98. The summed E-state index contributed by atoms with van der Waals surface area (Å²) < 4.78 is 14.9. The zero-order valence-corrected chi connectivity index (χ0v) is 14.8. The van der Waals surface area contributed by atoms with Crippen molar-refractivity contribution in [3.05, 3.63) is 35.9 Å². The zero-order valence-electron chi connectivity index (χ0n) is 14.8. The molecule has 0 amide bonds. The second kappa shape index (κ2) is 10.1. The molecule has 136 valence electrons. The van der Waals surface area contributed by atoms with E-state index in [1.165, 1.54) is 19.3 Å². The van der Waals surface area contributed by atoms with Gasteiger partial charge in [-0.05, 0) is 45.0 Å². The summed E-state index contributed by atoms with van der Waals surface area (Å²) in [7, 11) is 1.48. The highest BCUT2D eigenvalue weighted by atomic mass is 16.6. The number of carbonyl (C=O) groups excluding carboxylic acids is 3. The molecule has 0 bridgehead atoms. The van der Waals surface area contributed by atoms with Crippen molar-refractivity contribution in [2.24, 2.45) is 0 Å². The standard InChI is InChI=1S/C18H23NO6/c1-5-8-15(20)13-11-12(23-4)9-10-14(13)19-16(17(21)24-6-2)18(22)25-7-3/h5,8-11,16,19H,6-7H2,1-4H3/b8-5+. The summed E-state index contributed by atoms with van der Waals surface area (Å²) in [5, 5.41) is 2.75. The Morgan fingerprint density at radius 3 is 2.20 bits per heavy atom. The fraction of sp³-hybridized carbons (Fsp3) is 0.389. The normalized spacial score (nSPS) is 10.6. The van der Waals surface area contributed by atoms with Crippen LogP contribution in [0, 0.1) is 0 Å². The number of anilines is 1. The number of methoxy groups -OCH3 is 1. The van der Waals surface area contributed by atoms with Gasteiger partial charge < -0.3 is 19.5 Å².